The number of carbonyl (C=O) groups is 1. The molecule has 0 aliphatic heterocycles. The minimum Gasteiger partial charge on any atom is -0.505 e. The molecule has 0 radical (unpaired) electrons. The molecule has 0 bridgehead atoms. The Morgan fingerprint density at radius 2 is 2.05 bits per heavy atom. The molecule has 3 aromatic rings. The minimum absolute atomic E-state index is 0.0420. The van der Waals surface area contributed by atoms with E-state index >= 15 is 0 Å². The fraction of sp³-hybridized carbons (Fsp3) is 0. The molecule has 0 atom stereocenters. The van der Waals surface area contributed by atoms with E-state index in [1.54, 1.807) is 30.6 Å². The molecular formula is C12H9N5O2. The average molecular weight is 255 g/mol. The Morgan fingerprint density at radius 1 is 1.16 bits per heavy atom. The lowest BCUT2D eigenvalue weighted by Crippen LogP contribution is -2.16. The third-order valence-corrected chi connectivity index (χ3v) is 2.53. The van der Waals surface area contributed by atoms with E-state index in [1.807, 2.05) is 0 Å². The first-order valence-corrected chi connectivity index (χ1v) is 5.50. The molecule has 1 amide bonds. The van der Waals surface area contributed by atoms with Crippen LogP contribution in [0.4, 0.5) is 5.82 Å². The Bertz CT molecular complexity index is 752. The second-order valence-electron chi connectivity index (χ2n) is 3.76. The van der Waals surface area contributed by atoms with Crippen molar-refractivity contribution in [2.24, 2.45) is 0 Å². The minimum atomic E-state index is -0.513. The number of anilines is 1. The molecule has 3 aromatic heterocycles. The number of carbonyl (C=O) groups excluding carboxylic acids is 1. The highest BCUT2D eigenvalue weighted by Crippen LogP contribution is 2.15. The zero-order chi connectivity index (χ0) is 13.2. The summed E-state index contributed by atoms with van der Waals surface area (Å²) in [7, 11) is 0. The molecule has 2 N–H and O–H groups in total. The number of aromatic nitrogens is 4. The molecule has 0 aromatic carbocycles. The van der Waals surface area contributed by atoms with Crippen molar-refractivity contribution in [3.63, 3.8) is 0 Å². The maximum atomic E-state index is 12.0. The molecule has 3 rings (SSSR count). The van der Waals surface area contributed by atoms with Gasteiger partial charge >= 0.3 is 0 Å². The molecule has 94 valence electrons. The van der Waals surface area contributed by atoms with Gasteiger partial charge in [0.15, 0.2) is 11.3 Å². The first kappa shape index (κ1) is 11.1. The van der Waals surface area contributed by atoms with Gasteiger partial charge in [-0.1, -0.05) is 0 Å². The van der Waals surface area contributed by atoms with Crippen molar-refractivity contribution in [1.82, 2.24) is 19.6 Å². The van der Waals surface area contributed by atoms with Gasteiger partial charge in [-0.2, -0.15) is 9.61 Å². The van der Waals surface area contributed by atoms with Gasteiger partial charge in [0.05, 0.1) is 6.20 Å². The molecule has 0 spiro atoms. The largest absolute Gasteiger partial charge is 0.505 e. The fourth-order valence-electron chi connectivity index (χ4n) is 1.68. The molecule has 19 heavy (non-hydrogen) atoms. The van der Waals surface area contributed by atoms with Gasteiger partial charge in [-0.3, -0.25) is 4.79 Å². The number of nitrogens with one attached hydrogen (secondary N) is 1. The highest BCUT2D eigenvalue weighted by molar-refractivity contribution is 6.04. The van der Waals surface area contributed by atoms with Crippen LogP contribution in [0.2, 0.25) is 0 Å². The van der Waals surface area contributed by atoms with E-state index in [0.29, 0.717) is 11.5 Å². The Balaban J connectivity index is 1.95. The van der Waals surface area contributed by atoms with E-state index in [0.717, 1.165) is 0 Å². The van der Waals surface area contributed by atoms with E-state index in [4.69, 9.17) is 0 Å². The number of hydrogen-bond donors (Lipinski definition) is 2. The van der Waals surface area contributed by atoms with Gasteiger partial charge in [-0.25, -0.2) is 9.97 Å². The van der Waals surface area contributed by atoms with Gasteiger partial charge in [0.2, 0.25) is 0 Å². The number of amides is 1. The molecule has 0 aliphatic rings. The Morgan fingerprint density at radius 3 is 2.89 bits per heavy atom. The Kier molecular flexibility index (Phi) is 2.57. The van der Waals surface area contributed by atoms with Crippen LogP contribution in [0.15, 0.2) is 42.9 Å². The van der Waals surface area contributed by atoms with E-state index < -0.39 is 5.91 Å². The van der Waals surface area contributed by atoms with Gasteiger partial charge in [0.1, 0.15) is 11.6 Å². The quantitative estimate of drug-likeness (QED) is 0.714. The van der Waals surface area contributed by atoms with Crippen LogP contribution < -0.4 is 5.32 Å². The molecule has 3 heterocycles. The van der Waals surface area contributed by atoms with Crippen molar-refractivity contribution >= 4 is 17.4 Å². The molecule has 0 saturated heterocycles. The van der Waals surface area contributed by atoms with Crippen molar-refractivity contribution in [3.8, 4) is 5.75 Å². The predicted molar refractivity (Wildman–Crippen MR) is 66.8 cm³/mol. The third kappa shape index (κ3) is 1.97. The van der Waals surface area contributed by atoms with Crippen molar-refractivity contribution < 1.29 is 9.90 Å². The lowest BCUT2D eigenvalue weighted by Gasteiger charge is -2.07. The van der Waals surface area contributed by atoms with Crippen LogP contribution >= 0.6 is 0 Å². The predicted octanol–water partition coefficient (Wildman–Crippen LogP) is 1.08. The Labute approximate surface area is 107 Å². The van der Waals surface area contributed by atoms with E-state index in [-0.39, 0.29) is 11.4 Å². The summed E-state index contributed by atoms with van der Waals surface area (Å²) >= 11 is 0. The summed E-state index contributed by atoms with van der Waals surface area (Å²) in [6, 6.07) is 6.27. The summed E-state index contributed by atoms with van der Waals surface area (Å²) in [5, 5.41) is 16.2. The summed E-state index contributed by atoms with van der Waals surface area (Å²) in [6.45, 7) is 0. The number of nitrogens with zero attached hydrogens (tertiary/aromatic N) is 4. The molecule has 0 unspecified atom stereocenters. The SMILES string of the molecule is O=C(Nc1ccnc2ccnn12)c1ncccc1O. The Hall–Kier alpha value is -2.96. The van der Waals surface area contributed by atoms with E-state index in [2.05, 4.69) is 20.4 Å². The van der Waals surface area contributed by atoms with Gasteiger partial charge in [0, 0.05) is 18.5 Å². The number of pyridine rings is 1. The lowest BCUT2D eigenvalue weighted by atomic mass is 10.3. The topological polar surface area (TPSA) is 92.4 Å². The van der Waals surface area contributed by atoms with Gasteiger partial charge in [0.25, 0.3) is 5.91 Å². The molecule has 7 heteroatoms. The normalized spacial score (nSPS) is 10.5. The average Bonchev–Trinajstić information content (AvgIpc) is 2.88. The molecule has 0 fully saturated rings. The van der Waals surface area contributed by atoms with E-state index in [9.17, 15) is 9.90 Å². The van der Waals surface area contributed by atoms with Crippen LogP contribution in [-0.4, -0.2) is 30.6 Å². The zero-order valence-electron chi connectivity index (χ0n) is 9.69. The second kappa shape index (κ2) is 4.37. The number of rotatable bonds is 2. The highest BCUT2D eigenvalue weighted by Gasteiger charge is 2.13. The highest BCUT2D eigenvalue weighted by atomic mass is 16.3. The maximum absolute atomic E-state index is 12.0. The molecule has 0 saturated carbocycles. The first-order chi connectivity index (χ1) is 9.25. The van der Waals surface area contributed by atoms with Crippen molar-refractivity contribution in [2.45, 2.75) is 0 Å². The zero-order valence-corrected chi connectivity index (χ0v) is 9.69. The monoisotopic (exact) mass is 255 g/mol. The van der Waals surface area contributed by atoms with Crippen LogP contribution in [0.5, 0.6) is 5.75 Å². The second-order valence-corrected chi connectivity index (χ2v) is 3.76. The van der Waals surface area contributed by atoms with Crippen LogP contribution in [-0.2, 0) is 0 Å². The van der Waals surface area contributed by atoms with Crippen LogP contribution in [0.1, 0.15) is 10.5 Å². The van der Waals surface area contributed by atoms with Crippen molar-refractivity contribution in [3.05, 3.63) is 48.5 Å². The number of fused-ring (bicyclic) bond motifs is 1. The standard InChI is InChI=1S/C12H9N5O2/c18-8-2-1-5-14-11(8)12(19)16-10-3-6-13-9-4-7-15-17(9)10/h1-7,18H,(H,16,19). The van der Waals surface area contributed by atoms with Gasteiger partial charge in [-0.05, 0) is 18.2 Å². The summed E-state index contributed by atoms with van der Waals surface area (Å²) in [6.07, 6.45) is 4.58. The van der Waals surface area contributed by atoms with Gasteiger partial charge < -0.3 is 10.4 Å². The molecular weight excluding hydrogens is 246 g/mol. The van der Waals surface area contributed by atoms with Gasteiger partial charge in [-0.15, -0.1) is 0 Å². The van der Waals surface area contributed by atoms with Crippen LogP contribution in [0.3, 0.4) is 0 Å². The molecule has 0 aliphatic carbocycles. The number of aromatic hydroxyl groups is 1. The number of hydrogen-bond acceptors (Lipinski definition) is 5. The van der Waals surface area contributed by atoms with Crippen LogP contribution in [0, 0.1) is 0 Å². The lowest BCUT2D eigenvalue weighted by molar-refractivity contribution is 0.101. The fourth-order valence-corrected chi connectivity index (χ4v) is 1.68. The summed E-state index contributed by atoms with van der Waals surface area (Å²) in [4.78, 5) is 19.9. The molecule has 7 nitrogen and oxygen atoms in total. The maximum Gasteiger partial charge on any atom is 0.279 e. The summed E-state index contributed by atoms with van der Waals surface area (Å²) in [5.74, 6) is -0.239. The summed E-state index contributed by atoms with van der Waals surface area (Å²) in [5.41, 5.74) is 0.572. The first-order valence-electron chi connectivity index (χ1n) is 5.50. The smallest absolute Gasteiger partial charge is 0.279 e. The summed E-state index contributed by atoms with van der Waals surface area (Å²) < 4.78 is 1.48. The third-order valence-electron chi connectivity index (χ3n) is 2.53. The van der Waals surface area contributed by atoms with Crippen LogP contribution in [0.25, 0.3) is 5.65 Å². The van der Waals surface area contributed by atoms with Crippen molar-refractivity contribution in [1.29, 1.82) is 0 Å². The van der Waals surface area contributed by atoms with Crippen molar-refractivity contribution in [2.75, 3.05) is 5.32 Å². The van der Waals surface area contributed by atoms with E-state index in [1.165, 1.54) is 16.8 Å².